The van der Waals surface area contributed by atoms with Gasteiger partial charge in [0, 0.05) is 38.2 Å². The third kappa shape index (κ3) is 4.59. The van der Waals surface area contributed by atoms with Gasteiger partial charge < -0.3 is 20.1 Å². The minimum atomic E-state index is -0.0696. The van der Waals surface area contributed by atoms with Crippen LogP contribution in [0.25, 0.3) is 0 Å². The summed E-state index contributed by atoms with van der Waals surface area (Å²) in [6.07, 6.45) is 1.11. The van der Waals surface area contributed by atoms with E-state index in [2.05, 4.69) is 5.32 Å². The zero-order valence-corrected chi connectivity index (χ0v) is 14.3. The minimum absolute atomic E-state index is 0.0696. The van der Waals surface area contributed by atoms with Crippen molar-refractivity contribution in [1.29, 1.82) is 0 Å². The van der Waals surface area contributed by atoms with Crippen LogP contribution in [0, 0.1) is 0 Å². The molecule has 1 heterocycles. The van der Waals surface area contributed by atoms with Crippen molar-refractivity contribution in [3.8, 4) is 11.5 Å². The van der Waals surface area contributed by atoms with E-state index in [4.69, 9.17) is 4.74 Å². The average molecular weight is 340 g/mol. The number of aryl methyl sites for hydroxylation is 1. The number of amides is 1. The van der Waals surface area contributed by atoms with Gasteiger partial charge in [-0.3, -0.25) is 4.79 Å². The van der Waals surface area contributed by atoms with E-state index in [0.717, 1.165) is 43.1 Å². The Hall–Kier alpha value is -2.37. The predicted octanol–water partition coefficient (Wildman–Crippen LogP) is 2.34. The van der Waals surface area contributed by atoms with Crippen LogP contribution < -0.4 is 10.1 Å². The second-order valence-corrected chi connectivity index (χ2v) is 6.11. The van der Waals surface area contributed by atoms with E-state index in [1.807, 2.05) is 53.4 Å². The molecule has 3 rings (SSSR count). The lowest BCUT2D eigenvalue weighted by molar-refractivity contribution is -0.131. The van der Waals surface area contributed by atoms with Gasteiger partial charge in [0.05, 0.1) is 6.61 Å². The number of nitrogens with one attached hydrogen (secondary N) is 1. The molecule has 0 spiro atoms. The molecule has 1 aliphatic heterocycles. The molecule has 2 aromatic rings. The van der Waals surface area contributed by atoms with Gasteiger partial charge in [-0.15, -0.1) is 0 Å². The topological polar surface area (TPSA) is 61.8 Å². The Balaban J connectivity index is 1.67. The maximum absolute atomic E-state index is 12.4. The van der Waals surface area contributed by atoms with Crippen molar-refractivity contribution < 1.29 is 14.6 Å². The van der Waals surface area contributed by atoms with Crippen molar-refractivity contribution in [2.75, 3.05) is 26.2 Å². The summed E-state index contributed by atoms with van der Waals surface area (Å²) in [5.41, 5.74) is 1.74. The van der Waals surface area contributed by atoms with Crippen LogP contribution in [0.15, 0.2) is 48.5 Å². The van der Waals surface area contributed by atoms with Crippen LogP contribution in [0.5, 0.6) is 11.5 Å². The maximum Gasteiger partial charge on any atom is 0.222 e. The maximum atomic E-state index is 12.4. The lowest BCUT2D eigenvalue weighted by atomic mass is 10.1. The Labute approximate surface area is 148 Å². The quantitative estimate of drug-likeness (QED) is 0.847. The van der Waals surface area contributed by atoms with Gasteiger partial charge >= 0.3 is 0 Å². The van der Waals surface area contributed by atoms with Crippen LogP contribution in [0.4, 0.5) is 0 Å². The molecule has 0 atom stereocenters. The van der Waals surface area contributed by atoms with Crippen molar-refractivity contribution in [2.24, 2.45) is 0 Å². The van der Waals surface area contributed by atoms with Gasteiger partial charge in [-0.05, 0) is 24.1 Å². The number of aliphatic hydroxyl groups is 1. The molecule has 2 N–H and O–H groups in total. The molecule has 1 saturated heterocycles. The Bertz CT molecular complexity index is 712. The van der Waals surface area contributed by atoms with Gasteiger partial charge in [-0.1, -0.05) is 36.4 Å². The second-order valence-electron chi connectivity index (χ2n) is 6.11. The van der Waals surface area contributed by atoms with E-state index in [9.17, 15) is 9.90 Å². The molecule has 0 aliphatic carbocycles. The van der Waals surface area contributed by atoms with E-state index in [-0.39, 0.29) is 12.5 Å². The number of piperazine rings is 1. The second kappa shape index (κ2) is 8.65. The van der Waals surface area contributed by atoms with Crippen molar-refractivity contribution in [3.63, 3.8) is 0 Å². The van der Waals surface area contributed by atoms with E-state index in [1.165, 1.54) is 0 Å². The highest BCUT2D eigenvalue weighted by atomic mass is 16.5. The van der Waals surface area contributed by atoms with Gasteiger partial charge in [0.2, 0.25) is 5.91 Å². The molecule has 2 aromatic carbocycles. The van der Waals surface area contributed by atoms with Crippen molar-refractivity contribution in [3.05, 3.63) is 59.7 Å². The highest BCUT2D eigenvalue weighted by Crippen LogP contribution is 2.29. The van der Waals surface area contributed by atoms with Crippen LogP contribution >= 0.6 is 0 Å². The number of carbonyl (C=O) groups is 1. The molecular weight excluding hydrogens is 316 g/mol. The Morgan fingerprint density at radius 3 is 2.28 bits per heavy atom. The van der Waals surface area contributed by atoms with Crippen LogP contribution in [0.1, 0.15) is 17.5 Å². The SMILES string of the molecule is O=C(CCc1ccccc1Oc1ccccc1CO)N1CCNCC1. The summed E-state index contributed by atoms with van der Waals surface area (Å²) >= 11 is 0. The highest BCUT2D eigenvalue weighted by molar-refractivity contribution is 5.76. The van der Waals surface area contributed by atoms with E-state index in [0.29, 0.717) is 18.6 Å². The lowest BCUT2D eigenvalue weighted by Crippen LogP contribution is -2.46. The largest absolute Gasteiger partial charge is 0.457 e. The normalized spacial score (nSPS) is 14.4. The number of aliphatic hydroxyl groups excluding tert-OH is 1. The Kier molecular flexibility index (Phi) is 6.04. The summed E-state index contributed by atoms with van der Waals surface area (Å²) in [5, 5.41) is 12.7. The van der Waals surface area contributed by atoms with Gasteiger partial charge in [-0.25, -0.2) is 0 Å². The van der Waals surface area contributed by atoms with Crippen molar-refractivity contribution >= 4 is 5.91 Å². The number of benzene rings is 2. The fourth-order valence-corrected chi connectivity index (χ4v) is 2.98. The Morgan fingerprint density at radius 2 is 1.60 bits per heavy atom. The first-order chi connectivity index (χ1) is 12.3. The zero-order valence-electron chi connectivity index (χ0n) is 14.3. The first kappa shape index (κ1) is 17.5. The molecule has 0 aromatic heterocycles. The third-order valence-corrected chi connectivity index (χ3v) is 4.41. The number of ether oxygens (including phenoxy) is 1. The fourth-order valence-electron chi connectivity index (χ4n) is 2.98. The summed E-state index contributed by atoms with van der Waals surface area (Å²) in [5.74, 6) is 1.56. The molecular formula is C20H24N2O3. The molecule has 0 bridgehead atoms. The number of hydrogen-bond acceptors (Lipinski definition) is 4. The average Bonchev–Trinajstić information content (AvgIpc) is 2.68. The van der Waals surface area contributed by atoms with Crippen LogP contribution in [0.3, 0.4) is 0 Å². The Morgan fingerprint density at radius 1 is 1.00 bits per heavy atom. The lowest BCUT2D eigenvalue weighted by Gasteiger charge is -2.27. The van der Waals surface area contributed by atoms with Crippen LogP contribution in [-0.4, -0.2) is 42.1 Å². The number of hydrogen-bond donors (Lipinski definition) is 2. The van der Waals surface area contributed by atoms with Crippen LogP contribution in [-0.2, 0) is 17.8 Å². The molecule has 0 saturated carbocycles. The summed E-state index contributed by atoms with van der Waals surface area (Å²) in [6, 6.07) is 15.2. The van der Waals surface area contributed by atoms with Gasteiger partial charge in [-0.2, -0.15) is 0 Å². The summed E-state index contributed by atoms with van der Waals surface area (Å²) in [4.78, 5) is 14.3. The highest BCUT2D eigenvalue weighted by Gasteiger charge is 2.16. The molecule has 0 radical (unpaired) electrons. The van der Waals surface area contributed by atoms with Crippen molar-refractivity contribution in [1.82, 2.24) is 10.2 Å². The molecule has 0 unspecified atom stereocenters. The number of para-hydroxylation sites is 2. The first-order valence-electron chi connectivity index (χ1n) is 8.71. The molecule has 5 heteroatoms. The smallest absolute Gasteiger partial charge is 0.222 e. The summed E-state index contributed by atoms with van der Waals surface area (Å²) in [7, 11) is 0. The summed E-state index contributed by atoms with van der Waals surface area (Å²) in [6.45, 7) is 3.22. The van der Waals surface area contributed by atoms with Crippen LogP contribution in [0.2, 0.25) is 0 Å². The monoisotopic (exact) mass is 340 g/mol. The third-order valence-electron chi connectivity index (χ3n) is 4.41. The molecule has 1 amide bonds. The van der Waals surface area contributed by atoms with E-state index >= 15 is 0 Å². The molecule has 132 valence electrons. The molecule has 5 nitrogen and oxygen atoms in total. The first-order valence-corrected chi connectivity index (χ1v) is 8.71. The van der Waals surface area contributed by atoms with Gasteiger partial charge in [0.15, 0.2) is 0 Å². The molecule has 1 aliphatic rings. The zero-order chi connectivity index (χ0) is 17.5. The molecule has 1 fully saturated rings. The van der Waals surface area contributed by atoms with Crippen molar-refractivity contribution in [2.45, 2.75) is 19.4 Å². The van der Waals surface area contributed by atoms with E-state index in [1.54, 1.807) is 0 Å². The van der Waals surface area contributed by atoms with E-state index < -0.39 is 0 Å². The number of rotatable bonds is 6. The summed E-state index contributed by atoms with van der Waals surface area (Å²) < 4.78 is 6.01. The fraction of sp³-hybridized carbons (Fsp3) is 0.350. The number of nitrogens with zero attached hydrogens (tertiary/aromatic N) is 1. The molecule has 25 heavy (non-hydrogen) atoms. The number of carbonyl (C=O) groups excluding carboxylic acids is 1. The predicted molar refractivity (Wildman–Crippen MR) is 96.7 cm³/mol. The van der Waals surface area contributed by atoms with Gasteiger partial charge in [0.1, 0.15) is 11.5 Å². The minimum Gasteiger partial charge on any atom is -0.457 e. The van der Waals surface area contributed by atoms with Gasteiger partial charge in [0.25, 0.3) is 0 Å². The standard InChI is InChI=1S/C20H24N2O3/c23-15-17-6-2-4-8-19(17)25-18-7-3-1-5-16(18)9-10-20(24)22-13-11-21-12-14-22/h1-8,21,23H,9-15H2.